The number of hydrogen-bond acceptors (Lipinski definition) is 4. The lowest BCUT2D eigenvalue weighted by Crippen LogP contribution is -2.21. The minimum atomic E-state index is -0.765. The van der Waals surface area contributed by atoms with Crippen LogP contribution in [0.2, 0.25) is 5.02 Å². The van der Waals surface area contributed by atoms with E-state index in [1.807, 2.05) is 12.1 Å². The number of benzene rings is 2. The van der Waals surface area contributed by atoms with Crippen molar-refractivity contribution in [1.82, 2.24) is 0 Å². The molecule has 0 amide bonds. The van der Waals surface area contributed by atoms with E-state index in [0.29, 0.717) is 5.56 Å². The second-order valence-corrected chi connectivity index (χ2v) is 6.48. The lowest BCUT2D eigenvalue weighted by molar-refractivity contribution is -0.138. The molecule has 0 saturated heterocycles. The highest BCUT2D eigenvalue weighted by atomic mass is 127. The van der Waals surface area contributed by atoms with Gasteiger partial charge in [0, 0.05) is 9.13 Å². The number of carbonyl (C=O) groups is 2. The van der Waals surface area contributed by atoms with Crippen molar-refractivity contribution in [3.05, 3.63) is 73.8 Å². The zero-order valence-electron chi connectivity index (χ0n) is 12.9. The van der Waals surface area contributed by atoms with Crippen LogP contribution in [0.15, 0.2) is 54.1 Å². The normalized spacial score (nSPS) is 11.6. The molecule has 124 valence electrons. The van der Waals surface area contributed by atoms with E-state index >= 15 is 0 Å². The highest BCUT2D eigenvalue weighted by Crippen LogP contribution is 2.24. The average Bonchev–Trinajstić information content (AvgIpc) is 2.56. The maximum absolute atomic E-state index is 12.8. The minimum Gasteiger partial charge on any atom is -0.462 e. The van der Waals surface area contributed by atoms with Gasteiger partial charge < -0.3 is 10.5 Å². The molecule has 0 heterocycles. The van der Waals surface area contributed by atoms with Crippen LogP contribution in [0.5, 0.6) is 0 Å². The Kier molecular flexibility index (Phi) is 6.39. The maximum atomic E-state index is 12.8. The summed E-state index contributed by atoms with van der Waals surface area (Å²) in [5.74, 6) is -1.33. The molecule has 2 N–H and O–H groups in total. The van der Waals surface area contributed by atoms with E-state index in [0.717, 1.165) is 3.57 Å². The molecule has 0 unspecified atom stereocenters. The number of halogens is 2. The zero-order chi connectivity index (χ0) is 17.7. The highest BCUT2D eigenvalue weighted by Gasteiger charge is 2.26. The number of ether oxygens (including phenoxy) is 1. The van der Waals surface area contributed by atoms with Crippen molar-refractivity contribution in [2.75, 3.05) is 6.61 Å². The molecule has 2 aromatic rings. The van der Waals surface area contributed by atoms with Crippen LogP contribution in [-0.2, 0) is 9.53 Å². The fraction of sp³-hybridized carbons (Fsp3) is 0.111. The summed E-state index contributed by atoms with van der Waals surface area (Å²) < 4.78 is 6.02. The van der Waals surface area contributed by atoms with Crippen molar-refractivity contribution in [1.29, 1.82) is 0 Å². The van der Waals surface area contributed by atoms with Gasteiger partial charge in [-0.1, -0.05) is 35.9 Å². The zero-order valence-corrected chi connectivity index (χ0v) is 15.8. The number of Topliss-reactive ketones (excluding diaryl/α,β-unsaturated/α-hetero) is 1. The lowest BCUT2D eigenvalue weighted by Gasteiger charge is -2.12. The van der Waals surface area contributed by atoms with Crippen LogP contribution in [-0.4, -0.2) is 18.4 Å². The fourth-order valence-corrected chi connectivity index (χ4v) is 2.66. The first-order valence-electron chi connectivity index (χ1n) is 7.17. The summed E-state index contributed by atoms with van der Waals surface area (Å²) >= 11 is 8.24. The molecule has 0 aliphatic rings. The molecule has 0 fully saturated rings. The van der Waals surface area contributed by atoms with Crippen molar-refractivity contribution in [3.8, 4) is 0 Å². The summed E-state index contributed by atoms with van der Waals surface area (Å²) in [6, 6.07) is 13.7. The Balaban J connectivity index is 2.58. The molecule has 2 aromatic carbocycles. The topological polar surface area (TPSA) is 69.4 Å². The summed E-state index contributed by atoms with van der Waals surface area (Å²) in [7, 11) is 0. The summed E-state index contributed by atoms with van der Waals surface area (Å²) in [6.07, 6.45) is 0. The van der Waals surface area contributed by atoms with Crippen LogP contribution in [0, 0.1) is 3.57 Å². The molecule has 0 spiro atoms. The Hall–Kier alpha value is -1.86. The lowest BCUT2D eigenvalue weighted by atomic mass is 9.98. The van der Waals surface area contributed by atoms with Gasteiger partial charge >= 0.3 is 5.97 Å². The van der Waals surface area contributed by atoms with Gasteiger partial charge in [-0.05, 0) is 59.3 Å². The minimum absolute atomic E-state index is 0.0646. The van der Waals surface area contributed by atoms with Gasteiger partial charge in [-0.25, -0.2) is 4.79 Å². The van der Waals surface area contributed by atoms with Gasteiger partial charge in [0.25, 0.3) is 0 Å². The van der Waals surface area contributed by atoms with E-state index in [1.165, 1.54) is 0 Å². The fourth-order valence-electron chi connectivity index (χ4n) is 2.08. The number of nitrogens with two attached hydrogens (primary N) is 1. The molecule has 6 heteroatoms. The number of ketones is 1. The van der Waals surface area contributed by atoms with Crippen LogP contribution in [0.4, 0.5) is 0 Å². The third-order valence-electron chi connectivity index (χ3n) is 3.25. The number of esters is 1. The quantitative estimate of drug-likeness (QED) is 0.184. The second kappa shape index (κ2) is 8.30. The van der Waals surface area contributed by atoms with E-state index < -0.39 is 11.8 Å². The van der Waals surface area contributed by atoms with Crippen LogP contribution in [0.1, 0.15) is 22.8 Å². The summed E-state index contributed by atoms with van der Waals surface area (Å²) in [5.41, 5.74) is 6.74. The predicted molar refractivity (Wildman–Crippen MR) is 103 cm³/mol. The SMILES string of the molecule is CCOC(=O)/C(C(=O)c1ccccc1Cl)=C(\N)c1ccc(I)cc1. The molecule has 0 atom stereocenters. The summed E-state index contributed by atoms with van der Waals surface area (Å²) in [5, 5.41) is 0.250. The summed E-state index contributed by atoms with van der Waals surface area (Å²) in [4.78, 5) is 25.2. The number of hydrogen-bond donors (Lipinski definition) is 1. The molecule has 0 aliphatic carbocycles. The Morgan fingerprint density at radius 2 is 1.75 bits per heavy atom. The maximum Gasteiger partial charge on any atom is 0.344 e. The Labute approximate surface area is 158 Å². The Bertz CT molecular complexity index is 800. The van der Waals surface area contributed by atoms with Gasteiger partial charge in [-0.2, -0.15) is 0 Å². The second-order valence-electron chi connectivity index (χ2n) is 4.83. The van der Waals surface area contributed by atoms with Gasteiger partial charge in [0.05, 0.1) is 17.3 Å². The van der Waals surface area contributed by atoms with Crippen LogP contribution in [0.25, 0.3) is 5.70 Å². The van der Waals surface area contributed by atoms with E-state index in [9.17, 15) is 9.59 Å². The van der Waals surface area contributed by atoms with Gasteiger partial charge in [0.1, 0.15) is 5.57 Å². The molecule has 2 rings (SSSR count). The van der Waals surface area contributed by atoms with Crippen molar-refractivity contribution in [2.45, 2.75) is 6.92 Å². The first-order chi connectivity index (χ1) is 11.5. The van der Waals surface area contributed by atoms with E-state index in [4.69, 9.17) is 22.1 Å². The molecule has 0 saturated carbocycles. The molecule has 0 aliphatic heterocycles. The van der Waals surface area contributed by atoms with Crippen LogP contribution < -0.4 is 5.73 Å². The molecular weight excluding hydrogens is 441 g/mol. The first-order valence-corrected chi connectivity index (χ1v) is 8.63. The monoisotopic (exact) mass is 455 g/mol. The number of carbonyl (C=O) groups excluding carboxylic acids is 2. The van der Waals surface area contributed by atoms with Crippen molar-refractivity contribution in [2.24, 2.45) is 5.73 Å². The van der Waals surface area contributed by atoms with Crippen molar-refractivity contribution >= 4 is 51.6 Å². The molecule has 0 aromatic heterocycles. The summed E-state index contributed by atoms with van der Waals surface area (Å²) in [6.45, 7) is 1.80. The van der Waals surface area contributed by atoms with Gasteiger partial charge in [-0.3, -0.25) is 4.79 Å². The molecule has 0 radical (unpaired) electrons. The molecule has 0 bridgehead atoms. The van der Waals surface area contributed by atoms with E-state index in [2.05, 4.69) is 22.6 Å². The molecule has 24 heavy (non-hydrogen) atoms. The third-order valence-corrected chi connectivity index (χ3v) is 4.30. The standard InChI is InChI=1S/C18H15ClINO3/c1-2-24-18(23)15(16(21)11-7-9-12(20)10-8-11)17(22)13-5-3-4-6-14(13)19/h3-10H,2,21H2,1H3/b16-15-. The van der Waals surface area contributed by atoms with Crippen LogP contribution >= 0.6 is 34.2 Å². The van der Waals surface area contributed by atoms with Gasteiger partial charge in [-0.15, -0.1) is 0 Å². The highest BCUT2D eigenvalue weighted by molar-refractivity contribution is 14.1. The molecule has 4 nitrogen and oxygen atoms in total. The van der Waals surface area contributed by atoms with E-state index in [1.54, 1.807) is 43.3 Å². The average molecular weight is 456 g/mol. The Morgan fingerprint density at radius 1 is 1.12 bits per heavy atom. The van der Waals surface area contributed by atoms with Gasteiger partial charge in [0.15, 0.2) is 0 Å². The third kappa shape index (κ3) is 4.15. The first kappa shape index (κ1) is 18.5. The van der Waals surface area contributed by atoms with Crippen molar-refractivity contribution in [3.63, 3.8) is 0 Å². The van der Waals surface area contributed by atoms with Crippen molar-refractivity contribution < 1.29 is 14.3 Å². The predicted octanol–water partition coefficient (Wildman–Crippen LogP) is 4.06. The number of rotatable bonds is 5. The van der Waals surface area contributed by atoms with Crippen LogP contribution in [0.3, 0.4) is 0 Å². The Morgan fingerprint density at radius 3 is 2.33 bits per heavy atom. The smallest absolute Gasteiger partial charge is 0.344 e. The molecular formula is C18H15ClINO3. The van der Waals surface area contributed by atoms with Gasteiger partial charge in [0.2, 0.25) is 5.78 Å². The largest absolute Gasteiger partial charge is 0.462 e. The van der Waals surface area contributed by atoms with E-state index in [-0.39, 0.29) is 28.5 Å².